The van der Waals surface area contributed by atoms with Crippen molar-refractivity contribution in [1.82, 2.24) is 14.9 Å². The number of likely N-dealkylation sites (tertiary alicyclic amines) is 1. The molecular weight excluding hydrogens is 463 g/mol. The van der Waals surface area contributed by atoms with Crippen molar-refractivity contribution in [1.29, 1.82) is 0 Å². The average molecular weight is 488 g/mol. The molecule has 8 nitrogen and oxygen atoms in total. The molecule has 0 amide bonds. The normalized spacial score (nSPS) is 21.0. The number of benzene rings is 1. The zero-order valence-corrected chi connectivity index (χ0v) is 18.6. The lowest BCUT2D eigenvalue weighted by atomic mass is 9.83. The maximum atomic E-state index is 12.7. The van der Waals surface area contributed by atoms with Gasteiger partial charge in [0.1, 0.15) is 4.75 Å². The summed E-state index contributed by atoms with van der Waals surface area (Å²) in [6.07, 6.45) is -1.19. The first-order valence-electron chi connectivity index (χ1n) is 10.1. The molecule has 0 aliphatic carbocycles. The van der Waals surface area contributed by atoms with Crippen molar-refractivity contribution < 1.29 is 36.2 Å². The summed E-state index contributed by atoms with van der Waals surface area (Å²) >= 11 is 0. The van der Waals surface area contributed by atoms with E-state index < -0.39 is 26.7 Å². The van der Waals surface area contributed by atoms with E-state index in [0.29, 0.717) is 32.1 Å². The third-order valence-electron chi connectivity index (χ3n) is 5.77. The lowest BCUT2D eigenvalue weighted by Gasteiger charge is -2.50. The monoisotopic (exact) mass is 487 g/mol. The van der Waals surface area contributed by atoms with E-state index in [4.69, 9.17) is 14.6 Å². The Balaban J connectivity index is 0.000000383. The molecule has 4 rings (SSSR count). The number of rotatable bonds is 5. The van der Waals surface area contributed by atoms with Crippen molar-refractivity contribution in [3.63, 3.8) is 0 Å². The highest BCUT2D eigenvalue weighted by atomic mass is 32.2. The summed E-state index contributed by atoms with van der Waals surface area (Å²) in [6.45, 7) is 4.36. The summed E-state index contributed by atoms with van der Waals surface area (Å²) in [5.74, 6) is -2.52. The van der Waals surface area contributed by atoms with Crippen LogP contribution in [0.15, 0.2) is 42.7 Å². The van der Waals surface area contributed by atoms with Gasteiger partial charge in [-0.05, 0) is 25.0 Å². The minimum Gasteiger partial charge on any atom is -0.475 e. The quantitative estimate of drug-likeness (QED) is 0.685. The Labute approximate surface area is 189 Å². The number of aryl methyl sites for hydroxylation is 1. The molecule has 1 unspecified atom stereocenters. The molecule has 0 radical (unpaired) electrons. The van der Waals surface area contributed by atoms with Crippen LogP contribution in [0.5, 0.6) is 6.01 Å². The van der Waals surface area contributed by atoms with Crippen LogP contribution in [0.25, 0.3) is 0 Å². The molecule has 2 aliphatic rings. The van der Waals surface area contributed by atoms with E-state index in [0.717, 1.165) is 6.54 Å². The van der Waals surface area contributed by atoms with Gasteiger partial charge in [-0.25, -0.2) is 23.2 Å². The average Bonchev–Trinajstić information content (AvgIpc) is 2.97. The van der Waals surface area contributed by atoms with Crippen LogP contribution in [0.1, 0.15) is 17.5 Å². The molecule has 33 heavy (non-hydrogen) atoms. The van der Waals surface area contributed by atoms with Gasteiger partial charge in [-0.1, -0.05) is 29.8 Å². The van der Waals surface area contributed by atoms with E-state index in [-0.39, 0.29) is 11.7 Å². The van der Waals surface area contributed by atoms with E-state index in [1.807, 2.05) is 6.07 Å². The van der Waals surface area contributed by atoms with Crippen molar-refractivity contribution in [2.75, 3.05) is 25.4 Å². The third kappa shape index (κ3) is 5.80. The number of alkyl halides is 3. The zero-order valence-electron chi connectivity index (χ0n) is 17.8. The number of carboxylic acids is 1. The van der Waals surface area contributed by atoms with Gasteiger partial charge in [0, 0.05) is 37.9 Å². The molecule has 2 aliphatic heterocycles. The first-order valence-corrected chi connectivity index (χ1v) is 11.8. The molecule has 180 valence electrons. The number of ether oxygens (including phenoxy) is 1. The maximum absolute atomic E-state index is 12.7. The number of halogens is 3. The molecule has 2 saturated heterocycles. The number of carboxylic acid groups (broad SMARTS) is 1. The van der Waals surface area contributed by atoms with Crippen LogP contribution in [-0.4, -0.2) is 70.7 Å². The number of hydrogen-bond donors (Lipinski definition) is 1. The highest BCUT2D eigenvalue weighted by molar-refractivity contribution is 7.93. The van der Waals surface area contributed by atoms with E-state index in [1.54, 1.807) is 18.5 Å². The second-order valence-corrected chi connectivity index (χ2v) is 10.6. The first-order chi connectivity index (χ1) is 15.4. The van der Waals surface area contributed by atoms with E-state index in [9.17, 15) is 21.6 Å². The Bertz CT molecular complexity index is 1070. The highest BCUT2D eigenvalue weighted by Crippen LogP contribution is 2.45. The SMILES string of the molecule is Cc1cccc(CN2CC3(C2)C(COc2ncccn2)CCS3(=O)=O)c1.O=C(O)C(F)(F)F. The Morgan fingerprint density at radius 1 is 1.24 bits per heavy atom. The molecular formula is C21H24F3N3O5S. The summed E-state index contributed by atoms with van der Waals surface area (Å²) in [5, 5.41) is 7.12. The first kappa shape index (κ1) is 24.9. The minimum absolute atomic E-state index is 0.00920. The van der Waals surface area contributed by atoms with Crippen molar-refractivity contribution in [3.8, 4) is 6.01 Å². The third-order valence-corrected chi connectivity index (χ3v) is 8.37. The fourth-order valence-electron chi connectivity index (χ4n) is 4.13. The Hall–Kier alpha value is -2.73. The molecule has 2 fully saturated rings. The smallest absolute Gasteiger partial charge is 0.475 e. The molecule has 0 saturated carbocycles. The van der Waals surface area contributed by atoms with Crippen molar-refractivity contribution >= 4 is 15.8 Å². The van der Waals surface area contributed by atoms with Crippen LogP contribution >= 0.6 is 0 Å². The van der Waals surface area contributed by atoms with Crippen molar-refractivity contribution in [2.24, 2.45) is 5.92 Å². The van der Waals surface area contributed by atoms with Crippen LogP contribution in [0.3, 0.4) is 0 Å². The zero-order chi connectivity index (χ0) is 24.3. The Kier molecular flexibility index (Phi) is 7.27. The molecule has 0 bridgehead atoms. The number of hydrogen-bond acceptors (Lipinski definition) is 7. The van der Waals surface area contributed by atoms with E-state index in [2.05, 4.69) is 40.0 Å². The van der Waals surface area contributed by atoms with Gasteiger partial charge in [0.25, 0.3) is 0 Å². The fourth-order valence-corrected chi connectivity index (χ4v) is 6.59. The van der Waals surface area contributed by atoms with Gasteiger partial charge >= 0.3 is 18.2 Å². The molecule has 2 aromatic rings. The van der Waals surface area contributed by atoms with Crippen LogP contribution in [0.2, 0.25) is 0 Å². The van der Waals surface area contributed by atoms with Crippen LogP contribution < -0.4 is 4.74 Å². The topological polar surface area (TPSA) is 110 Å². The Morgan fingerprint density at radius 3 is 2.45 bits per heavy atom. The van der Waals surface area contributed by atoms with Crippen LogP contribution in [-0.2, 0) is 21.2 Å². The highest BCUT2D eigenvalue weighted by Gasteiger charge is 2.61. The van der Waals surface area contributed by atoms with Gasteiger partial charge in [0.15, 0.2) is 9.84 Å². The lowest BCUT2D eigenvalue weighted by molar-refractivity contribution is -0.192. The standard InChI is InChI=1S/C19H23N3O3S.C2HF3O2/c1-15-4-2-5-16(10-15)11-22-13-19(14-22)17(6-9-26(19,23)24)12-25-18-20-7-3-8-21-18;3-2(4,5)1(6)7/h2-5,7-8,10,17H,6,9,11-14H2,1H3;(H,6,7). The predicted molar refractivity (Wildman–Crippen MR) is 112 cm³/mol. The maximum Gasteiger partial charge on any atom is 0.490 e. The van der Waals surface area contributed by atoms with Gasteiger partial charge in [0.2, 0.25) is 0 Å². The van der Waals surface area contributed by atoms with E-state index >= 15 is 0 Å². The number of sulfone groups is 1. The van der Waals surface area contributed by atoms with Crippen molar-refractivity contribution in [2.45, 2.75) is 30.8 Å². The van der Waals surface area contributed by atoms with Crippen molar-refractivity contribution in [3.05, 3.63) is 53.9 Å². The summed E-state index contributed by atoms with van der Waals surface area (Å²) in [7, 11) is -3.10. The van der Waals surface area contributed by atoms with Crippen LogP contribution in [0, 0.1) is 12.8 Å². The predicted octanol–water partition coefficient (Wildman–Crippen LogP) is 2.49. The lowest BCUT2D eigenvalue weighted by Crippen LogP contribution is -2.67. The summed E-state index contributed by atoms with van der Waals surface area (Å²) in [6, 6.07) is 10.4. The second kappa shape index (κ2) is 9.64. The molecule has 1 aromatic carbocycles. The Morgan fingerprint density at radius 2 is 1.88 bits per heavy atom. The molecule has 1 spiro atoms. The molecule has 3 heterocycles. The fraction of sp³-hybridized carbons (Fsp3) is 0.476. The molecule has 1 atom stereocenters. The number of aromatic nitrogens is 2. The van der Waals surface area contributed by atoms with Gasteiger partial charge in [-0.2, -0.15) is 13.2 Å². The second-order valence-electron chi connectivity index (χ2n) is 8.15. The molecule has 12 heteroatoms. The van der Waals surface area contributed by atoms with E-state index in [1.165, 1.54) is 11.1 Å². The molecule has 1 N–H and O–H groups in total. The molecule has 1 aromatic heterocycles. The minimum atomic E-state index is -5.08. The van der Waals surface area contributed by atoms with Gasteiger partial charge in [-0.15, -0.1) is 0 Å². The number of aliphatic carboxylic acids is 1. The largest absolute Gasteiger partial charge is 0.490 e. The van der Waals surface area contributed by atoms with Gasteiger partial charge in [0.05, 0.1) is 12.4 Å². The number of carbonyl (C=O) groups is 1. The van der Waals surface area contributed by atoms with Gasteiger partial charge in [-0.3, -0.25) is 4.90 Å². The van der Waals surface area contributed by atoms with Gasteiger partial charge < -0.3 is 9.84 Å². The summed E-state index contributed by atoms with van der Waals surface area (Å²) < 4.78 is 62.2. The van der Waals surface area contributed by atoms with Crippen LogP contribution in [0.4, 0.5) is 13.2 Å². The number of nitrogens with zero attached hydrogens (tertiary/aromatic N) is 3. The summed E-state index contributed by atoms with van der Waals surface area (Å²) in [5.41, 5.74) is 2.45. The summed E-state index contributed by atoms with van der Waals surface area (Å²) in [4.78, 5) is 19.2.